The zero-order chi connectivity index (χ0) is 15.2. The van der Waals surface area contributed by atoms with Crippen LogP contribution in [0.25, 0.3) is 0 Å². The van der Waals surface area contributed by atoms with Crippen molar-refractivity contribution in [3.63, 3.8) is 0 Å². The molecular formula is C17H23N3O. The van der Waals surface area contributed by atoms with Crippen molar-refractivity contribution in [1.82, 2.24) is 10.3 Å². The highest BCUT2D eigenvalue weighted by Gasteiger charge is 2.08. The Morgan fingerprint density at radius 1 is 1.24 bits per heavy atom. The molecule has 0 saturated carbocycles. The molecule has 2 rings (SSSR count). The quantitative estimate of drug-likeness (QED) is 0.884. The van der Waals surface area contributed by atoms with Crippen LogP contribution in [0.3, 0.4) is 0 Å². The van der Waals surface area contributed by atoms with E-state index in [-0.39, 0.29) is 0 Å². The van der Waals surface area contributed by atoms with Crippen molar-refractivity contribution in [2.75, 3.05) is 25.6 Å². The number of aromatic nitrogens is 1. The van der Waals surface area contributed by atoms with E-state index < -0.39 is 0 Å². The first kappa shape index (κ1) is 15.3. The van der Waals surface area contributed by atoms with E-state index in [9.17, 15) is 0 Å². The third-order valence-electron chi connectivity index (χ3n) is 3.36. The van der Waals surface area contributed by atoms with Crippen LogP contribution in [0.15, 0.2) is 36.4 Å². The van der Waals surface area contributed by atoms with Crippen molar-refractivity contribution in [2.24, 2.45) is 0 Å². The number of rotatable bonds is 6. The maximum Gasteiger partial charge on any atom is 0.133 e. The molecular weight excluding hydrogens is 262 g/mol. The number of ether oxygens (including phenoxy) is 1. The topological polar surface area (TPSA) is 37.4 Å². The van der Waals surface area contributed by atoms with E-state index in [4.69, 9.17) is 4.74 Å². The molecule has 0 radical (unpaired) electrons. The van der Waals surface area contributed by atoms with Gasteiger partial charge in [0.15, 0.2) is 0 Å². The molecule has 0 aliphatic rings. The summed E-state index contributed by atoms with van der Waals surface area (Å²) in [6.45, 7) is 5.96. The van der Waals surface area contributed by atoms with Crippen LogP contribution >= 0.6 is 0 Å². The van der Waals surface area contributed by atoms with E-state index in [0.717, 1.165) is 36.0 Å². The molecule has 0 amide bonds. The molecule has 2 aromatic rings. The third-order valence-corrected chi connectivity index (χ3v) is 3.36. The maximum absolute atomic E-state index is 5.28. The van der Waals surface area contributed by atoms with Crippen molar-refractivity contribution < 1.29 is 4.74 Å². The zero-order valence-electron chi connectivity index (χ0n) is 13.2. The largest absolute Gasteiger partial charge is 0.497 e. The van der Waals surface area contributed by atoms with Crippen LogP contribution in [0.2, 0.25) is 0 Å². The van der Waals surface area contributed by atoms with Crippen LogP contribution in [0.5, 0.6) is 5.75 Å². The molecule has 1 aromatic heterocycles. The summed E-state index contributed by atoms with van der Waals surface area (Å²) in [7, 11) is 3.70. The Kier molecular flexibility index (Phi) is 5.17. The van der Waals surface area contributed by atoms with Crippen LogP contribution in [0.4, 0.5) is 11.5 Å². The van der Waals surface area contributed by atoms with Crippen molar-refractivity contribution in [3.8, 4) is 5.75 Å². The van der Waals surface area contributed by atoms with E-state index in [1.807, 2.05) is 32.2 Å². The SMILES string of the molecule is CCNCc1cc(C)nc(N(C)c2cccc(OC)c2)c1. The minimum Gasteiger partial charge on any atom is -0.497 e. The van der Waals surface area contributed by atoms with Gasteiger partial charge in [-0.2, -0.15) is 0 Å². The van der Waals surface area contributed by atoms with Gasteiger partial charge in [0.1, 0.15) is 11.6 Å². The fourth-order valence-electron chi connectivity index (χ4n) is 2.22. The highest BCUT2D eigenvalue weighted by atomic mass is 16.5. The number of hydrogen-bond acceptors (Lipinski definition) is 4. The third kappa shape index (κ3) is 3.95. The second-order valence-electron chi connectivity index (χ2n) is 5.02. The number of pyridine rings is 1. The first-order valence-electron chi connectivity index (χ1n) is 7.20. The van der Waals surface area contributed by atoms with Crippen molar-refractivity contribution >= 4 is 11.5 Å². The van der Waals surface area contributed by atoms with E-state index in [1.165, 1.54) is 5.56 Å². The predicted octanol–water partition coefficient (Wildman–Crippen LogP) is 3.28. The van der Waals surface area contributed by atoms with Gasteiger partial charge in [-0.05, 0) is 43.3 Å². The van der Waals surface area contributed by atoms with Crippen molar-refractivity contribution in [2.45, 2.75) is 20.4 Å². The van der Waals surface area contributed by atoms with Gasteiger partial charge >= 0.3 is 0 Å². The van der Waals surface area contributed by atoms with Gasteiger partial charge in [-0.3, -0.25) is 0 Å². The molecule has 21 heavy (non-hydrogen) atoms. The maximum atomic E-state index is 5.28. The van der Waals surface area contributed by atoms with Gasteiger partial charge in [0.25, 0.3) is 0 Å². The van der Waals surface area contributed by atoms with E-state index in [1.54, 1.807) is 7.11 Å². The number of aryl methyl sites for hydroxylation is 1. The van der Waals surface area contributed by atoms with Gasteiger partial charge in [0, 0.05) is 31.0 Å². The number of hydrogen-bond donors (Lipinski definition) is 1. The van der Waals surface area contributed by atoms with Crippen LogP contribution in [-0.4, -0.2) is 25.7 Å². The summed E-state index contributed by atoms with van der Waals surface area (Å²) in [6.07, 6.45) is 0. The number of nitrogens with zero attached hydrogens (tertiary/aromatic N) is 2. The van der Waals surface area contributed by atoms with Crippen LogP contribution in [-0.2, 0) is 6.54 Å². The molecule has 0 atom stereocenters. The van der Waals surface area contributed by atoms with E-state index >= 15 is 0 Å². The van der Waals surface area contributed by atoms with Gasteiger partial charge in [-0.15, -0.1) is 0 Å². The van der Waals surface area contributed by atoms with Gasteiger partial charge < -0.3 is 15.0 Å². The van der Waals surface area contributed by atoms with Gasteiger partial charge in [0.2, 0.25) is 0 Å². The van der Waals surface area contributed by atoms with Gasteiger partial charge in [0.05, 0.1) is 7.11 Å². The van der Waals surface area contributed by atoms with Crippen molar-refractivity contribution in [3.05, 3.63) is 47.7 Å². The Balaban J connectivity index is 2.28. The number of anilines is 2. The van der Waals surface area contributed by atoms with Gasteiger partial charge in [-0.1, -0.05) is 13.0 Å². The van der Waals surface area contributed by atoms with Gasteiger partial charge in [-0.25, -0.2) is 4.98 Å². The Bertz CT molecular complexity index is 598. The smallest absolute Gasteiger partial charge is 0.133 e. The molecule has 4 nitrogen and oxygen atoms in total. The van der Waals surface area contributed by atoms with E-state index in [0.29, 0.717) is 0 Å². The molecule has 0 aliphatic carbocycles. The Labute approximate surface area is 126 Å². The summed E-state index contributed by atoms with van der Waals surface area (Å²) < 4.78 is 5.28. The highest BCUT2D eigenvalue weighted by Crippen LogP contribution is 2.26. The lowest BCUT2D eigenvalue weighted by Crippen LogP contribution is -2.15. The standard InChI is InChI=1S/C17H23N3O/c1-5-18-12-14-9-13(2)19-17(10-14)20(3)15-7-6-8-16(11-15)21-4/h6-11,18H,5,12H2,1-4H3. The minimum absolute atomic E-state index is 0.847. The van der Waals surface area contributed by atoms with Crippen molar-refractivity contribution in [1.29, 1.82) is 0 Å². The fourth-order valence-corrected chi connectivity index (χ4v) is 2.22. The summed E-state index contributed by atoms with van der Waals surface area (Å²) in [5.41, 5.74) is 3.33. The lowest BCUT2D eigenvalue weighted by Gasteiger charge is -2.20. The monoisotopic (exact) mass is 285 g/mol. The number of benzene rings is 1. The van der Waals surface area contributed by atoms with Crippen LogP contribution < -0.4 is 15.0 Å². The molecule has 0 aliphatic heterocycles. The predicted molar refractivity (Wildman–Crippen MR) is 87.4 cm³/mol. The average Bonchev–Trinajstić information content (AvgIpc) is 2.51. The minimum atomic E-state index is 0.847. The van der Waals surface area contributed by atoms with Crippen LogP contribution in [0.1, 0.15) is 18.2 Å². The Morgan fingerprint density at radius 3 is 2.76 bits per heavy atom. The molecule has 1 N–H and O–H groups in total. The zero-order valence-corrected chi connectivity index (χ0v) is 13.2. The summed E-state index contributed by atoms with van der Waals surface area (Å²) in [5.74, 6) is 1.79. The lowest BCUT2D eigenvalue weighted by atomic mass is 10.2. The molecule has 0 spiro atoms. The molecule has 0 unspecified atom stereocenters. The molecule has 0 fully saturated rings. The second kappa shape index (κ2) is 7.09. The molecule has 1 heterocycles. The average molecular weight is 285 g/mol. The highest BCUT2D eigenvalue weighted by molar-refractivity contribution is 5.61. The normalized spacial score (nSPS) is 10.5. The van der Waals surface area contributed by atoms with E-state index in [2.05, 4.69) is 40.3 Å². The summed E-state index contributed by atoms with van der Waals surface area (Å²) in [4.78, 5) is 6.71. The second-order valence-corrected chi connectivity index (χ2v) is 5.02. The Hall–Kier alpha value is -2.07. The molecule has 112 valence electrons. The van der Waals surface area contributed by atoms with Crippen LogP contribution in [0, 0.1) is 6.92 Å². The lowest BCUT2D eigenvalue weighted by molar-refractivity contribution is 0.415. The summed E-state index contributed by atoms with van der Waals surface area (Å²) in [5, 5.41) is 3.35. The Morgan fingerprint density at radius 2 is 2.05 bits per heavy atom. The fraction of sp³-hybridized carbons (Fsp3) is 0.353. The molecule has 4 heteroatoms. The summed E-state index contributed by atoms with van der Waals surface area (Å²) >= 11 is 0. The number of methoxy groups -OCH3 is 1. The summed E-state index contributed by atoms with van der Waals surface area (Å²) in [6, 6.07) is 12.2. The first-order valence-corrected chi connectivity index (χ1v) is 7.20. The first-order chi connectivity index (χ1) is 10.1. The number of nitrogens with one attached hydrogen (secondary N) is 1. The molecule has 0 bridgehead atoms. The molecule has 0 saturated heterocycles. The molecule has 1 aromatic carbocycles.